The minimum absolute atomic E-state index is 0.101. The van der Waals surface area contributed by atoms with Crippen molar-refractivity contribution in [3.05, 3.63) is 24.0 Å². The molecule has 1 aromatic heterocycles. The van der Waals surface area contributed by atoms with Crippen LogP contribution in [0.2, 0.25) is 0 Å². The number of amides is 1. The standard InChI is InChI=1S/C11H14N2O/c1-7(2)8-6-10(14)13-9-4-3-5-12-11(8)9/h3-5,7-8H,6H2,1-2H3,(H,13,14). The summed E-state index contributed by atoms with van der Waals surface area (Å²) in [5.41, 5.74) is 1.91. The van der Waals surface area contributed by atoms with E-state index in [1.807, 2.05) is 12.1 Å². The molecule has 1 aromatic rings. The lowest BCUT2D eigenvalue weighted by molar-refractivity contribution is -0.117. The first kappa shape index (κ1) is 9.19. The summed E-state index contributed by atoms with van der Waals surface area (Å²) in [7, 11) is 0. The number of pyridine rings is 1. The third-order valence-corrected chi connectivity index (χ3v) is 2.67. The molecule has 3 heteroatoms. The lowest BCUT2D eigenvalue weighted by Crippen LogP contribution is -2.26. The molecule has 0 aliphatic carbocycles. The van der Waals surface area contributed by atoms with E-state index < -0.39 is 0 Å². The minimum atomic E-state index is 0.101. The smallest absolute Gasteiger partial charge is 0.225 e. The van der Waals surface area contributed by atoms with Crippen molar-refractivity contribution in [1.29, 1.82) is 0 Å². The first-order valence-corrected chi connectivity index (χ1v) is 4.93. The van der Waals surface area contributed by atoms with E-state index in [0.717, 1.165) is 11.4 Å². The second-order valence-electron chi connectivity index (χ2n) is 4.04. The molecule has 0 spiro atoms. The van der Waals surface area contributed by atoms with Gasteiger partial charge in [0, 0.05) is 18.5 Å². The Morgan fingerprint density at radius 1 is 1.57 bits per heavy atom. The zero-order valence-corrected chi connectivity index (χ0v) is 8.45. The van der Waals surface area contributed by atoms with E-state index >= 15 is 0 Å². The van der Waals surface area contributed by atoms with Crippen LogP contribution < -0.4 is 5.32 Å². The van der Waals surface area contributed by atoms with Crippen LogP contribution in [-0.2, 0) is 4.79 Å². The van der Waals surface area contributed by atoms with Crippen molar-refractivity contribution < 1.29 is 4.79 Å². The molecule has 3 nitrogen and oxygen atoms in total. The number of aromatic nitrogens is 1. The highest BCUT2D eigenvalue weighted by molar-refractivity contribution is 5.94. The number of fused-ring (bicyclic) bond motifs is 1. The number of hydrogen-bond acceptors (Lipinski definition) is 2. The van der Waals surface area contributed by atoms with Crippen LogP contribution in [0, 0.1) is 5.92 Å². The molecule has 2 rings (SSSR count). The molecular formula is C11H14N2O. The summed E-state index contributed by atoms with van der Waals surface area (Å²) in [5.74, 6) is 0.818. The van der Waals surface area contributed by atoms with Gasteiger partial charge in [0.25, 0.3) is 0 Å². The third kappa shape index (κ3) is 1.50. The monoisotopic (exact) mass is 190 g/mol. The van der Waals surface area contributed by atoms with Crippen molar-refractivity contribution in [2.45, 2.75) is 26.2 Å². The van der Waals surface area contributed by atoms with Crippen LogP contribution in [0.4, 0.5) is 5.69 Å². The van der Waals surface area contributed by atoms with Gasteiger partial charge in [-0.1, -0.05) is 13.8 Å². The zero-order chi connectivity index (χ0) is 10.1. The molecule has 1 amide bonds. The van der Waals surface area contributed by atoms with Gasteiger partial charge in [-0.15, -0.1) is 0 Å². The van der Waals surface area contributed by atoms with E-state index in [2.05, 4.69) is 24.1 Å². The molecule has 14 heavy (non-hydrogen) atoms. The van der Waals surface area contributed by atoms with Crippen molar-refractivity contribution in [3.63, 3.8) is 0 Å². The maximum atomic E-state index is 11.4. The van der Waals surface area contributed by atoms with E-state index in [4.69, 9.17) is 0 Å². The summed E-state index contributed by atoms with van der Waals surface area (Å²) < 4.78 is 0. The second kappa shape index (κ2) is 3.40. The predicted octanol–water partition coefficient (Wildman–Crippen LogP) is 2.16. The van der Waals surface area contributed by atoms with E-state index in [1.54, 1.807) is 6.20 Å². The largest absolute Gasteiger partial charge is 0.324 e. The average molecular weight is 190 g/mol. The first-order valence-electron chi connectivity index (χ1n) is 4.93. The fraction of sp³-hybridized carbons (Fsp3) is 0.455. The van der Waals surface area contributed by atoms with Crippen LogP contribution in [0.5, 0.6) is 0 Å². The van der Waals surface area contributed by atoms with Gasteiger partial charge in [0.05, 0.1) is 11.4 Å². The van der Waals surface area contributed by atoms with Gasteiger partial charge in [-0.25, -0.2) is 0 Å². The van der Waals surface area contributed by atoms with Crippen molar-refractivity contribution in [3.8, 4) is 0 Å². The summed E-state index contributed by atoms with van der Waals surface area (Å²) in [4.78, 5) is 15.7. The van der Waals surface area contributed by atoms with Gasteiger partial charge in [0.2, 0.25) is 5.91 Å². The van der Waals surface area contributed by atoms with Gasteiger partial charge in [0.15, 0.2) is 0 Å². The summed E-state index contributed by atoms with van der Waals surface area (Å²) in [5, 5.41) is 2.84. The molecule has 0 bridgehead atoms. The number of rotatable bonds is 1. The maximum Gasteiger partial charge on any atom is 0.225 e. The Balaban J connectivity index is 2.43. The Bertz CT molecular complexity index is 360. The predicted molar refractivity (Wildman–Crippen MR) is 55.1 cm³/mol. The molecule has 1 N–H and O–H groups in total. The van der Waals surface area contributed by atoms with Gasteiger partial charge in [-0.05, 0) is 18.1 Å². The highest BCUT2D eigenvalue weighted by Crippen LogP contribution is 2.34. The molecular weight excluding hydrogens is 176 g/mol. The van der Waals surface area contributed by atoms with Crippen molar-refractivity contribution >= 4 is 11.6 Å². The molecule has 0 radical (unpaired) electrons. The normalized spacial score (nSPS) is 20.5. The van der Waals surface area contributed by atoms with Crippen molar-refractivity contribution in [2.75, 3.05) is 5.32 Å². The average Bonchev–Trinajstić information content (AvgIpc) is 2.16. The fourth-order valence-corrected chi connectivity index (χ4v) is 1.87. The zero-order valence-electron chi connectivity index (χ0n) is 8.45. The SMILES string of the molecule is CC(C)C1CC(=O)Nc2cccnc21. The topological polar surface area (TPSA) is 42.0 Å². The van der Waals surface area contributed by atoms with Crippen LogP contribution >= 0.6 is 0 Å². The Kier molecular flexibility index (Phi) is 2.23. The Morgan fingerprint density at radius 2 is 2.36 bits per heavy atom. The number of anilines is 1. The van der Waals surface area contributed by atoms with Crippen molar-refractivity contribution in [1.82, 2.24) is 4.98 Å². The van der Waals surface area contributed by atoms with Crippen LogP contribution in [0.3, 0.4) is 0 Å². The molecule has 2 heterocycles. The Labute approximate surface area is 83.5 Å². The molecule has 74 valence electrons. The fourth-order valence-electron chi connectivity index (χ4n) is 1.87. The first-order chi connectivity index (χ1) is 6.68. The molecule has 0 aromatic carbocycles. The summed E-state index contributed by atoms with van der Waals surface area (Å²) in [6.45, 7) is 4.25. The van der Waals surface area contributed by atoms with E-state index in [0.29, 0.717) is 12.3 Å². The highest BCUT2D eigenvalue weighted by Gasteiger charge is 2.28. The molecule has 1 aliphatic rings. The number of carbonyl (C=O) groups is 1. The van der Waals surface area contributed by atoms with Crippen LogP contribution in [0.15, 0.2) is 18.3 Å². The lowest BCUT2D eigenvalue weighted by atomic mass is 9.86. The molecule has 1 unspecified atom stereocenters. The van der Waals surface area contributed by atoms with Crippen molar-refractivity contribution in [2.24, 2.45) is 5.92 Å². The molecule has 0 saturated carbocycles. The van der Waals surface area contributed by atoms with Gasteiger partial charge in [-0.2, -0.15) is 0 Å². The lowest BCUT2D eigenvalue weighted by Gasteiger charge is -2.26. The van der Waals surface area contributed by atoms with Crippen LogP contribution in [-0.4, -0.2) is 10.9 Å². The van der Waals surface area contributed by atoms with Gasteiger partial charge < -0.3 is 5.32 Å². The number of hydrogen-bond donors (Lipinski definition) is 1. The van der Waals surface area contributed by atoms with Gasteiger partial charge in [0.1, 0.15) is 0 Å². The van der Waals surface area contributed by atoms with Gasteiger partial charge >= 0.3 is 0 Å². The second-order valence-corrected chi connectivity index (χ2v) is 4.04. The molecule has 0 saturated heterocycles. The van der Waals surface area contributed by atoms with E-state index in [9.17, 15) is 4.79 Å². The van der Waals surface area contributed by atoms with Gasteiger partial charge in [-0.3, -0.25) is 9.78 Å². The molecule has 1 aliphatic heterocycles. The molecule has 1 atom stereocenters. The number of nitrogens with zero attached hydrogens (tertiary/aromatic N) is 1. The van der Waals surface area contributed by atoms with E-state index in [-0.39, 0.29) is 11.8 Å². The summed E-state index contributed by atoms with van der Waals surface area (Å²) in [6.07, 6.45) is 2.34. The Hall–Kier alpha value is -1.38. The third-order valence-electron chi connectivity index (χ3n) is 2.67. The summed E-state index contributed by atoms with van der Waals surface area (Å²) in [6, 6.07) is 3.76. The molecule has 0 fully saturated rings. The summed E-state index contributed by atoms with van der Waals surface area (Å²) >= 11 is 0. The Morgan fingerprint density at radius 3 is 3.07 bits per heavy atom. The number of nitrogens with one attached hydrogen (secondary N) is 1. The quantitative estimate of drug-likeness (QED) is 0.737. The van der Waals surface area contributed by atoms with Crippen LogP contribution in [0.1, 0.15) is 31.9 Å². The van der Waals surface area contributed by atoms with E-state index in [1.165, 1.54) is 0 Å². The maximum absolute atomic E-state index is 11.4. The highest BCUT2D eigenvalue weighted by atomic mass is 16.1. The van der Waals surface area contributed by atoms with Crippen LogP contribution in [0.25, 0.3) is 0 Å². The minimum Gasteiger partial charge on any atom is -0.324 e. The number of carbonyl (C=O) groups excluding carboxylic acids is 1.